The van der Waals surface area contributed by atoms with Crippen LogP contribution in [0, 0.1) is 11.7 Å². The van der Waals surface area contributed by atoms with Crippen LogP contribution in [0.1, 0.15) is 42.5 Å². The van der Waals surface area contributed by atoms with Crippen LogP contribution in [0.15, 0.2) is 28.1 Å². The van der Waals surface area contributed by atoms with Crippen molar-refractivity contribution in [2.75, 3.05) is 35.7 Å². The van der Waals surface area contributed by atoms with Crippen LogP contribution >= 0.6 is 0 Å². The molecule has 4 aliphatic rings. The zero-order valence-electron chi connectivity index (χ0n) is 17.8. The number of aryl methyl sites for hydroxylation is 1. The minimum absolute atomic E-state index is 0.0450. The van der Waals surface area contributed by atoms with Gasteiger partial charge in [-0.3, -0.25) is 9.20 Å². The average Bonchev–Trinajstić information content (AvgIpc) is 3.29. The van der Waals surface area contributed by atoms with Crippen LogP contribution in [0.4, 0.5) is 16.2 Å². The summed E-state index contributed by atoms with van der Waals surface area (Å²) in [6.07, 6.45) is 4.28. The van der Waals surface area contributed by atoms with Crippen LogP contribution in [0.2, 0.25) is 0 Å². The van der Waals surface area contributed by atoms with E-state index in [9.17, 15) is 13.7 Å². The normalized spacial score (nSPS) is 23.6. The molecule has 168 valence electrons. The number of piperidine rings is 1. The number of hydrogen-bond acceptors (Lipinski definition) is 7. The summed E-state index contributed by atoms with van der Waals surface area (Å²) in [5, 5.41) is 13.1. The number of halogens is 1. The molecule has 2 aromatic rings. The Morgan fingerprint density at radius 3 is 2.81 bits per heavy atom. The molecule has 1 aliphatic carbocycles. The smallest absolute Gasteiger partial charge is 0.227 e. The van der Waals surface area contributed by atoms with Gasteiger partial charge in [0.1, 0.15) is 16.5 Å². The highest BCUT2D eigenvalue weighted by atomic mass is 32.2. The van der Waals surface area contributed by atoms with Crippen LogP contribution < -0.4 is 10.2 Å². The Balaban J connectivity index is 1.22. The van der Waals surface area contributed by atoms with Gasteiger partial charge >= 0.3 is 0 Å². The highest BCUT2D eigenvalue weighted by Gasteiger charge is 2.44. The molecule has 0 radical (unpaired) electrons. The molecule has 4 heterocycles. The molecule has 9 heteroatoms. The summed E-state index contributed by atoms with van der Waals surface area (Å²) in [6, 6.07) is 4.96. The summed E-state index contributed by atoms with van der Waals surface area (Å²) in [6.45, 7) is 2.27. The van der Waals surface area contributed by atoms with Crippen molar-refractivity contribution in [3.05, 3.63) is 40.8 Å². The van der Waals surface area contributed by atoms with Gasteiger partial charge in [-0.25, -0.2) is 9.37 Å². The Labute approximate surface area is 188 Å². The molecule has 1 aromatic carbocycles. The van der Waals surface area contributed by atoms with Gasteiger partial charge in [-0.2, -0.15) is 4.98 Å². The molecule has 1 atom stereocenters. The van der Waals surface area contributed by atoms with Gasteiger partial charge in [0.2, 0.25) is 5.95 Å². The first-order valence-electron chi connectivity index (χ1n) is 11.3. The molecular formula is C23H26FN5O2S. The van der Waals surface area contributed by atoms with Crippen molar-refractivity contribution in [2.45, 2.75) is 49.1 Å². The Hall–Kier alpha value is -2.39. The fraction of sp³-hybridized carbons (Fsp3) is 0.522. The van der Waals surface area contributed by atoms with Gasteiger partial charge in [-0.1, -0.05) is 6.07 Å². The Morgan fingerprint density at radius 1 is 1.25 bits per heavy atom. The van der Waals surface area contributed by atoms with E-state index in [0.29, 0.717) is 41.3 Å². The summed E-state index contributed by atoms with van der Waals surface area (Å²) >= 11 is 0. The van der Waals surface area contributed by atoms with Gasteiger partial charge in [0.25, 0.3) is 0 Å². The molecule has 1 unspecified atom stereocenters. The van der Waals surface area contributed by atoms with Crippen LogP contribution in [-0.2, 0) is 23.8 Å². The van der Waals surface area contributed by atoms with Crippen LogP contribution in [0.3, 0.4) is 0 Å². The number of rotatable bonds is 5. The fourth-order valence-electron chi connectivity index (χ4n) is 5.02. The number of aliphatic hydroxyl groups excluding tert-OH is 1. The Bertz CT molecular complexity index is 1140. The number of nitrogens with one attached hydrogen (secondary N) is 1. The topological polar surface area (TPSA) is 90.7 Å². The summed E-state index contributed by atoms with van der Waals surface area (Å²) in [5.74, 6) is 1.96. The Kier molecular flexibility index (Phi) is 4.80. The lowest BCUT2D eigenvalue weighted by Crippen LogP contribution is -2.38. The van der Waals surface area contributed by atoms with E-state index in [-0.39, 0.29) is 18.0 Å². The number of anilines is 2. The second-order valence-electron chi connectivity index (χ2n) is 9.28. The molecule has 2 N–H and O–H groups in total. The van der Waals surface area contributed by atoms with E-state index in [2.05, 4.69) is 10.2 Å². The first-order valence-corrected chi connectivity index (χ1v) is 12.6. The third-order valence-electron chi connectivity index (χ3n) is 7.15. The van der Waals surface area contributed by atoms with E-state index in [4.69, 9.17) is 15.0 Å². The minimum Gasteiger partial charge on any atom is -0.394 e. The lowest BCUT2D eigenvalue weighted by atomic mass is 9.88. The quantitative estimate of drug-likeness (QED) is 0.720. The summed E-state index contributed by atoms with van der Waals surface area (Å²) < 4.78 is 26.3. The molecule has 1 saturated heterocycles. The van der Waals surface area contributed by atoms with E-state index in [1.54, 1.807) is 6.07 Å². The summed E-state index contributed by atoms with van der Waals surface area (Å²) in [5.41, 5.74) is 3.63. The fourth-order valence-corrected chi connectivity index (χ4v) is 6.32. The maximum absolute atomic E-state index is 13.8. The lowest BCUT2D eigenvalue weighted by molar-refractivity contribution is 0.265. The molecule has 3 aliphatic heterocycles. The van der Waals surface area contributed by atoms with E-state index < -0.39 is 10.8 Å². The largest absolute Gasteiger partial charge is 0.394 e. The van der Waals surface area contributed by atoms with Crippen molar-refractivity contribution < 1.29 is 13.7 Å². The highest BCUT2D eigenvalue weighted by Crippen LogP contribution is 2.41. The van der Waals surface area contributed by atoms with Gasteiger partial charge in [-0.05, 0) is 43.4 Å². The van der Waals surface area contributed by atoms with E-state index in [0.717, 1.165) is 61.3 Å². The van der Waals surface area contributed by atoms with Crippen molar-refractivity contribution >= 4 is 28.3 Å². The molecule has 0 spiro atoms. The van der Waals surface area contributed by atoms with Crippen molar-refractivity contribution in [1.82, 2.24) is 9.97 Å². The monoisotopic (exact) mass is 455 g/mol. The molecule has 1 saturated carbocycles. The first-order chi connectivity index (χ1) is 15.5. The zero-order valence-corrected chi connectivity index (χ0v) is 18.6. The maximum atomic E-state index is 13.8. The second kappa shape index (κ2) is 7.59. The number of hydrogen-bond donors (Lipinski definition) is 2. The zero-order chi connectivity index (χ0) is 21.9. The lowest BCUT2D eigenvalue weighted by Gasteiger charge is -2.33. The molecule has 0 amide bonds. The van der Waals surface area contributed by atoms with Crippen LogP contribution in [0.25, 0.3) is 0 Å². The SMILES string of the molecule is O=S1CCc2nc(N3CCC(C4=NCc5ccc(F)cc54)CC3)nc(NC3(CO)CC3)c21. The van der Waals surface area contributed by atoms with Crippen molar-refractivity contribution in [1.29, 1.82) is 0 Å². The highest BCUT2D eigenvalue weighted by molar-refractivity contribution is 7.85. The molecule has 7 nitrogen and oxygen atoms in total. The molecule has 1 aromatic heterocycles. The predicted molar refractivity (Wildman–Crippen MR) is 121 cm³/mol. The predicted octanol–water partition coefficient (Wildman–Crippen LogP) is 2.44. The van der Waals surface area contributed by atoms with Crippen LogP contribution in [-0.4, -0.2) is 56.0 Å². The van der Waals surface area contributed by atoms with Gasteiger partial charge in [0, 0.05) is 42.5 Å². The van der Waals surface area contributed by atoms with Gasteiger partial charge in [0.15, 0.2) is 0 Å². The average molecular weight is 456 g/mol. The number of benzene rings is 1. The number of aromatic nitrogens is 2. The third kappa shape index (κ3) is 3.42. The molecule has 0 bridgehead atoms. The van der Waals surface area contributed by atoms with E-state index in [1.807, 2.05) is 6.07 Å². The van der Waals surface area contributed by atoms with Gasteiger partial charge in [-0.15, -0.1) is 0 Å². The first kappa shape index (κ1) is 20.2. The van der Waals surface area contributed by atoms with E-state index in [1.165, 1.54) is 6.07 Å². The molecule has 2 fully saturated rings. The van der Waals surface area contributed by atoms with Gasteiger partial charge < -0.3 is 15.3 Å². The van der Waals surface area contributed by atoms with Gasteiger partial charge in [0.05, 0.1) is 35.2 Å². The second-order valence-corrected chi connectivity index (χ2v) is 10.8. The molecule has 32 heavy (non-hydrogen) atoms. The van der Waals surface area contributed by atoms with E-state index >= 15 is 0 Å². The third-order valence-corrected chi connectivity index (χ3v) is 8.61. The number of aliphatic imine (C=N–C) groups is 1. The maximum Gasteiger partial charge on any atom is 0.227 e. The standard InChI is InChI=1S/C23H26FN5O2S/c24-16-2-1-15-12-25-19(17(15)11-16)14-3-8-29(9-4-14)22-26-18-5-10-32(31)20(18)21(27-22)28-23(13-30)6-7-23/h1-2,11,14,30H,3-10,12-13H2,(H,26,27,28). The molecular weight excluding hydrogens is 429 g/mol. The summed E-state index contributed by atoms with van der Waals surface area (Å²) in [4.78, 5) is 17.2. The van der Waals surface area contributed by atoms with Crippen molar-refractivity contribution in [3.8, 4) is 0 Å². The van der Waals surface area contributed by atoms with Crippen molar-refractivity contribution in [2.24, 2.45) is 10.9 Å². The molecule has 6 rings (SSSR count). The van der Waals surface area contributed by atoms with Crippen LogP contribution in [0.5, 0.6) is 0 Å². The Morgan fingerprint density at radius 2 is 2.06 bits per heavy atom. The minimum atomic E-state index is -1.10. The number of fused-ring (bicyclic) bond motifs is 2. The van der Waals surface area contributed by atoms with Crippen molar-refractivity contribution in [3.63, 3.8) is 0 Å². The number of nitrogens with zero attached hydrogens (tertiary/aromatic N) is 4. The number of aliphatic hydroxyl groups is 1. The summed E-state index contributed by atoms with van der Waals surface area (Å²) in [7, 11) is -1.10.